The van der Waals surface area contributed by atoms with Gasteiger partial charge in [0.1, 0.15) is 29.6 Å². The Morgan fingerprint density at radius 2 is 1.85 bits per heavy atom. The van der Waals surface area contributed by atoms with E-state index >= 15 is 0 Å². The molecule has 6 heteroatoms. The van der Waals surface area contributed by atoms with E-state index in [1.165, 1.54) is 5.56 Å². The van der Waals surface area contributed by atoms with Gasteiger partial charge in [-0.15, -0.1) is 0 Å². The molecule has 3 aromatic carbocycles. The average molecular weight is 462 g/mol. The number of hydrogen-bond donors (Lipinski definition) is 0. The van der Waals surface area contributed by atoms with Crippen molar-refractivity contribution in [3.63, 3.8) is 0 Å². The van der Waals surface area contributed by atoms with Gasteiger partial charge in [0.2, 0.25) is 5.43 Å². The number of fused-ring (bicyclic) bond motifs is 3. The third kappa shape index (κ3) is 4.10. The molecule has 0 unspecified atom stereocenters. The molecule has 4 aromatic rings. The van der Waals surface area contributed by atoms with Crippen LogP contribution in [-0.4, -0.2) is 25.3 Å². The molecule has 5 nitrogen and oxygen atoms in total. The largest absolute Gasteiger partial charge is 0.496 e. The van der Waals surface area contributed by atoms with Crippen LogP contribution in [0.2, 0.25) is 5.02 Å². The van der Waals surface area contributed by atoms with Crippen molar-refractivity contribution in [2.45, 2.75) is 19.9 Å². The van der Waals surface area contributed by atoms with E-state index in [9.17, 15) is 4.79 Å². The van der Waals surface area contributed by atoms with Gasteiger partial charge in [0.25, 0.3) is 0 Å². The Morgan fingerprint density at radius 3 is 2.64 bits per heavy atom. The molecule has 0 N–H and O–H groups in total. The molecular weight excluding hydrogens is 438 g/mol. The molecule has 0 saturated heterocycles. The first-order valence-electron chi connectivity index (χ1n) is 10.9. The molecule has 33 heavy (non-hydrogen) atoms. The Kier molecular flexibility index (Phi) is 5.83. The fraction of sp³-hybridized carbons (Fsp3) is 0.222. The summed E-state index contributed by atoms with van der Waals surface area (Å²) >= 11 is 5.99. The van der Waals surface area contributed by atoms with Crippen LogP contribution in [0, 0.1) is 6.92 Å². The van der Waals surface area contributed by atoms with E-state index < -0.39 is 0 Å². The highest BCUT2D eigenvalue weighted by Crippen LogP contribution is 2.36. The maximum Gasteiger partial charge on any atom is 0.200 e. The zero-order valence-corrected chi connectivity index (χ0v) is 19.3. The minimum absolute atomic E-state index is 0.0701. The molecule has 168 valence electrons. The van der Waals surface area contributed by atoms with E-state index in [2.05, 4.69) is 4.90 Å². The number of benzene rings is 3. The van der Waals surface area contributed by atoms with E-state index in [1.54, 1.807) is 13.2 Å². The maximum absolute atomic E-state index is 13.5. The lowest BCUT2D eigenvalue weighted by molar-refractivity contribution is 0.0968. The highest BCUT2D eigenvalue weighted by atomic mass is 35.5. The highest BCUT2D eigenvalue weighted by molar-refractivity contribution is 6.30. The summed E-state index contributed by atoms with van der Waals surface area (Å²) in [5.41, 5.74) is 3.89. The van der Waals surface area contributed by atoms with Crippen molar-refractivity contribution in [2.24, 2.45) is 0 Å². The highest BCUT2D eigenvalue weighted by Gasteiger charge is 2.24. The average Bonchev–Trinajstić information content (AvgIpc) is 2.84. The quantitative estimate of drug-likeness (QED) is 0.374. The Morgan fingerprint density at radius 1 is 1.06 bits per heavy atom. The zero-order chi connectivity index (χ0) is 22.9. The third-order valence-electron chi connectivity index (χ3n) is 6.09. The standard InChI is InChI=1S/C27H24ClNO4/c1-17-25(20-5-3-4-6-23(20)31-2)26(30)21-11-12-24-22(27(21)33-17)15-29(16-32-24)14-13-18-7-9-19(28)10-8-18/h3-12H,13-16H2,1-2H3. The van der Waals surface area contributed by atoms with Gasteiger partial charge in [-0.2, -0.15) is 0 Å². The van der Waals surface area contributed by atoms with Crippen LogP contribution >= 0.6 is 11.6 Å². The van der Waals surface area contributed by atoms with Gasteiger partial charge in [-0.1, -0.05) is 41.9 Å². The van der Waals surface area contributed by atoms with Gasteiger partial charge in [-0.25, -0.2) is 0 Å². The van der Waals surface area contributed by atoms with Gasteiger partial charge in [-0.3, -0.25) is 9.69 Å². The number of hydrogen-bond acceptors (Lipinski definition) is 5. The zero-order valence-electron chi connectivity index (χ0n) is 18.6. The minimum atomic E-state index is -0.0701. The maximum atomic E-state index is 13.5. The summed E-state index contributed by atoms with van der Waals surface area (Å²) in [6.07, 6.45) is 0.877. The van der Waals surface area contributed by atoms with Crippen molar-refractivity contribution in [3.8, 4) is 22.6 Å². The summed E-state index contributed by atoms with van der Waals surface area (Å²) in [5, 5.41) is 1.28. The monoisotopic (exact) mass is 461 g/mol. The van der Waals surface area contributed by atoms with E-state index in [1.807, 2.05) is 61.5 Å². The lowest BCUT2D eigenvalue weighted by Gasteiger charge is -2.29. The minimum Gasteiger partial charge on any atom is -0.496 e. The van der Waals surface area contributed by atoms with Gasteiger partial charge in [0.15, 0.2) is 0 Å². The van der Waals surface area contributed by atoms with Crippen molar-refractivity contribution in [1.82, 2.24) is 4.90 Å². The number of aryl methyl sites for hydroxylation is 1. The van der Waals surface area contributed by atoms with Crippen molar-refractivity contribution in [2.75, 3.05) is 20.4 Å². The number of nitrogens with zero attached hydrogens (tertiary/aromatic N) is 1. The molecule has 0 fully saturated rings. The summed E-state index contributed by atoms with van der Waals surface area (Å²) in [7, 11) is 1.60. The second-order valence-electron chi connectivity index (χ2n) is 8.18. The molecule has 0 atom stereocenters. The van der Waals surface area contributed by atoms with Crippen molar-refractivity contribution < 1.29 is 13.9 Å². The fourth-order valence-electron chi connectivity index (χ4n) is 4.36. The lowest BCUT2D eigenvalue weighted by atomic mass is 9.99. The molecule has 1 aliphatic heterocycles. The summed E-state index contributed by atoms with van der Waals surface area (Å²) in [4.78, 5) is 15.8. The molecule has 0 aliphatic carbocycles. The van der Waals surface area contributed by atoms with Gasteiger partial charge < -0.3 is 13.9 Å². The molecule has 0 bridgehead atoms. The number of ether oxygens (including phenoxy) is 2. The second kappa shape index (κ2) is 8.93. The predicted octanol–water partition coefficient (Wildman–Crippen LogP) is 5.83. The molecule has 1 aromatic heterocycles. The first-order valence-corrected chi connectivity index (χ1v) is 11.2. The summed E-state index contributed by atoms with van der Waals surface area (Å²) in [5.74, 6) is 1.96. The van der Waals surface area contributed by atoms with Crippen molar-refractivity contribution in [1.29, 1.82) is 0 Å². The van der Waals surface area contributed by atoms with Gasteiger partial charge >= 0.3 is 0 Å². The van der Waals surface area contributed by atoms with E-state index in [0.717, 1.165) is 34.9 Å². The summed E-state index contributed by atoms with van der Waals surface area (Å²) < 4.78 is 17.8. The van der Waals surface area contributed by atoms with Crippen molar-refractivity contribution in [3.05, 3.63) is 92.8 Å². The van der Waals surface area contributed by atoms with Crippen LogP contribution in [0.25, 0.3) is 22.1 Å². The van der Waals surface area contributed by atoms with E-state index in [4.69, 9.17) is 25.5 Å². The lowest BCUT2D eigenvalue weighted by Crippen LogP contribution is -2.33. The Bertz CT molecular complexity index is 1380. The first kappa shape index (κ1) is 21.6. The van der Waals surface area contributed by atoms with Crippen LogP contribution < -0.4 is 14.9 Å². The van der Waals surface area contributed by atoms with E-state index in [-0.39, 0.29) is 5.43 Å². The molecular formula is C27H24ClNO4. The van der Waals surface area contributed by atoms with Gasteiger partial charge in [-0.05, 0) is 49.2 Å². The van der Waals surface area contributed by atoms with Gasteiger partial charge in [0.05, 0.1) is 23.6 Å². The molecule has 0 radical (unpaired) electrons. The van der Waals surface area contributed by atoms with Gasteiger partial charge in [0, 0.05) is 23.7 Å². The first-order chi connectivity index (χ1) is 16.0. The SMILES string of the molecule is COc1ccccc1-c1c(C)oc2c3c(ccc2c1=O)OCN(CCc1ccc(Cl)cc1)C3. The predicted molar refractivity (Wildman–Crippen MR) is 130 cm³/mol. The fourth-order valence-corrected chi connectivity index (χ4v) is 4.49. The van der Waals surface area contributed by atoms with Crippen LogP contribution in [0.1, 0.15) is 16.9 Å². The van der Waals surface area contributed by atoms with Crippen LogP contribution in [0.15, 0.2) is 69.9 Å². The molecule has 5 rings (SSSR count). The molecule has 0 spiro atoms. The van der Waals surface area contributed by atoms with Crippen LogP contribution in [0.4, 0.5) is 0 Å². The number of methoxy groups -OCH3 is 1. The Balaban J connectivity index is 1.50. The van der Waals surface area contributed by atoms with Crippen LogP contribution in [-0.2, 0) is 13.0 Å². The second-order valence-corrected chi connectivity index (χ2v) is 8.62. The smallest absolute Gasteiger partial charge is 0.200 e. The third-order valence-corrected chi connectivity index (χ3v) is 6.34. The molecule has 1 aliphatic rings. The molecule has 2 heterocycles. The topological polar surface area (TPSA) is 51.9 Å². The van der Waals surface area contributed by atoms with E-state index in [0.29, 0.717) is 41.3 Å². The summed E-state index contributed by atoms with van der Waals surface area (Å²) in [6.45, 7) is 3.79. The molecule has 0 saturated carbocycles. The normalized spacial score (nSPS) is 13.5. The van der Waals surface area contributed by atoms with Crippen LogP contribution in [0.5, 0.6) is 11.5 Å². The number of halogens is 1. The van der Waals surface area contributed by atoms with Crippen LogP contribution in [0.3, 0.4) is 0 Å². The van der Waals surface area contributed by atoms with Crippen molar-refractivity contribution >= 4 is 22.6 Å². The number of para-hydroxylation sites is 1. The Hall–Kier alpha value is -3.28. The molecule has 0 amide bonds. The summed E-state index contributed by atoms with van der Waals surface area (Å²) in [6, 6.07) is 19.0. The Labute approximate surface area is 197 Å². The number of rotatable bonds is 5.